The van der Waals surface area contributed by atoms with Crippen molar-refractivity contribution < 1.29 is 0 Å². The molecule has 0 bridgehead atoms. The lowest BCUT2D eigenvalue weighted by molar-refractivity contribution is 1.11. The van der Waals surface area contributed by atoms with Crippen LogP contribution in [0.1, 0.15) is 0 Å². The van der Waals surface area contributed by atoms with Crippen molar-refractivity contribution in [3.05, 3.63) is 108 Å². The summed E-state index contributed by atoms with van der Waals surface area (Å²) >= 11 is 6.16. The van der Waals surface area contributed by atoms with Gasteiger partial charge in [-0.05, 0) is 47.2 Å². The van der Waals surface area contributed by atoms with Crippen molar-refractivity contribution in [3.63, 3.8) is 0 Å². The van der Waals surface area contributed by atoms with Gasteiger partial charge < -0.3 is 0 Å². The zero-order valence-electron chi connectivity index (χ0n) is 16.1. The van der Waals surface area contributed by atoms with Gasteiger partial charge in [-0.2, -0.15) is 0 Å². The van der Waals surface area contributed by atoms with Crippen LogP contribution in [-0.4, -0.2) is 9.55 Å². The van der Waals surface area contributed by atoms with Crippen molar-refractivity contribution in [1.29, 1.82) is 0 Å². The molecule has 1 heterocycles. The van der Waals surface area contributed by atoms with Gasteiger partial charge in [-0.3, -0.25) is 4.57 Å². The van der Waals surface area contributed by atoms with Crippen molar-refractivity contribution in [2.75, 3.05) is 0 Å². The standard InChI is InChI=1S/C27H17ClN2/c28-19-16-14-18(15-17-19)27-29-25-23-12-6-4-10-21(23)22-11-5-7-13-24(22)26(25)30(27)20-8-2-1-3-9-20/h1-17H. The number of hydrogen-bond donors (Lipinski definition) is 0. The lowest BCUT2D eigenvalue weighted by Crippen LogP contribution is -1.97. The van der Waals surface area contributed by atoms with Gasteiger partial charge in [0.25, 0.3) is 0 Å². The molecule has 0 unspecified atom stereocenters. The van der Waals surface area contributed by atoms with Crippen molar-refractivity contribution in [2.24, 2.45) is 0 Å². The first-order valence-electron chi connectivity index (χ1n) is 9.94. The fourth-order valence-corrected chi connectivity index (χ4v) is 4.45. The molecule has 0 aliphatic rings. The molecule has 0 radical (unpaired) electrons. The molecule has 1 aromatic heterocycles. The van der Waals surface area contributed by atoms with E-state index < -0.39 is 0 Å². The van der Waals surface area contributed by atoms with Crippen LogP contribution in [0, 0.1) is 0 Å². The Morgan fingerprint density at radius 3 is 1.83 bits per heavy atom. The van der Waals surface area contributed by atoms with Gasteiger partial charge in [0.15, 0.2) is 0 Å². The third kappa shape index (κ3) is 2.54. The van der Waals surface area contributed by atoms with E-state index in [0.717, 1.165) is 38.5 Å². The number of fused-ring (bicyclic) bond motifs is 6. The largest absolute Gasteiger partial charge is 0.292 e. The molecule has 3 heteroatoms. The number of hydrogen-bond acceptors (Lipinski definition) is 1. The number of imidazole rings is 1. The predicted molar refractivity (Wildman–Crippen MR) is 127 cm³/mol. The summed E-state index contributed by atoms with van der Waals surface area (Å²) < 4.78 is 2.27. The van der Waals surface area contributed by atoms with E-state index in [-0.39, 0.29) is 0 Å². The predicted octanol–water partition coefficient (Wildman–Crippen LogP) is 7.65. The second-order valence-corrected chi connectivity index (χ2v) is 7.84. The van der Waals surface area contributed by atoms with Crippen LogP contribution in [0.2, 0.25) is 5.02 Å². The molecule has 6 aromatic rings. The van der Waals surface area contributed by atoms with Crippen molar-refractivity contribution in [3.8, 4) is 17.1 Å². The molecule has 5 aromatic carbocycles. The Hall–Kier alpha value is -3.62. The highest BCUT2D eigenvalue weighted by molar-refractivity contribution is 6.30. The van der Waals surface area contributed by atoms with Gasteiger partial charge in [0, 0.05) is 27.0 Å². The molecule has 142 valence electrons. The maximum absolute atomic E-state index is 6.16. The summed E-state index contributed by atoms with van der Waals surface area (Å²) in [6.07, 6.45) is 0. The second-order valence-electron chi connectivity index (χ2n) is 7.40. The molecule has 0 aliphatic heterocycles. The van der Waals surface area contributed by atoms with E-state index in [1.54, 1.807) is 0 Å². The molecule has 0 fully saturated rings. The summed E-state index contributed by atoms with van der Waals surface area (Å²) in [5.74, 6) is 0.911. The molecular formula is C27H17ClN2. The van der Waals surface area contributed by atoms with E-state index in [1.165, 1.54) is 16.2 Å². The second kappa shape index (κ2) is 6.72. The van der Waals surface area contributed by atoms with Gasteiger partial charge in [-0.25, -0.2) is 4.98 Å². The van der Waals surface area contributed by atoms with Crippen LogP contribution >= 0.6 is 11.6 Å². The number of aromatic nitrogens is 2. The summed E-state index contributed by atoms with van der Waals surface area (Å²) in [6.45, 7) is 0. The quantitative estimate of drug-likeness (QED) is 0.271. The SMILES string of the molecule is Clc1ccc(-c2nc3c4ccccc4c4ccccc4c3n2-c2ccccc2)cc1. The number of nitrogens with zero attached hydrogens (tertiary/aromatic N) is 2. The normalized spacial score (nSPS) is 11.5. The molecule has 0 saturated heterocycles. The third-order valence-electron chi connectivity index (χ3n) is 5.65. The average Bonchev–Trinajstić information content (AvgIpc) is 3.21. The highest BCUT2D eigenvalue weighted by atomic mass is 35.5. The van der Waals surface area contributed by atoms with Gasteiger partial charge in [-0.1, -0.05) is 78.3 Å². The fourth-order valence-electron chi connectivity index (χ4n) is 4.33. The minimum atomic E-state index is 0.719. The first-order valence-corrected chi connectivity index (χ1v) is 10.3. The number of benzene rings is 5. The Balaban J connectivity index is 1.87. The molecule has 6 rings (SSSR count). The molecule has 0 spiro atoms. The topological polar surface area (TPSA) is 17.8 Å². The van der Waals surface area contributed by atoms with Crippen LogP contribution in [0.5, 0.6) is 0 Å². The maximum atomic E-state index is 6.16. The van der Waals surface area contributed by atoms with Crippen molar-refractivity contribution in [2.45, 2.75) is 0 Å². The summed E-state index contributed by atoms with van der Waals surface area (Å²) in [5, 5.41) is 5.54. The first kappa shape index (κ1) is 17.3. The van der Waals surface area contributed by atoms with Crippen LogP contribution in [0.4, 0.5) is 0 Å². The summed E-state index contributed by atoms with van der Waals surface area (Å²) in [7, 11) is 0. The van der Waals surface area contributed by atoms with E-state index in [0.29, 0.717) is 0 Å². The number of halogens is 1. The Kier molecular flexibility index (Phi) is 3.87. The molecule has 0 aliphatic carbocycles. The van der Waals surface area contributed by atoms with Crippen LogP contribution in [0.15, 0.2) is 103 Å². The molecule has 0 amide bonds. The lowest BCUT2D eigenvalue weighted by Gasteiger charge is -2.12. The third-order valence-corrected chi connectivity index (χ3v) is 5.90. The molecule has 30 heavy (non-hydrogen) atoms. The van der Waals surface area contributed by atoms with Gasteiger partial charge in [0.2, 0.25) is 0 Å². The number of para-hydroxylation sites is 1. The summed E-state index contributed by atoms with van der Waals surface area (Å²) in [6, 6.07) is 35.4. The minimum absolute atomic E-state index is 0.719. The van der Waals surface area contributed by atoms with Crippen LogP contribution in [-0.2, 0) is 0 Å². The van der Waals surface area contributed by atoms with E-state index >= 15 is 0 Å². The highest BCUT2D eigenvalue weighted by Crippen LogP contribution is 2.38. The maximum Gasteiger partial charge on any atom is 0.145 e. The van der Waals surface area contributed by atoms with Gasteiger partial charge in [0.05, 0.1) is 11.0 Å². The van der Waals surface area contributed by atoms with E-state index in [1.807, 2.05) is 30.3 Å². The molecular weight excluding hydrogens is 388 g/mol. The Morgan fingerprint density at radius 2 is 1.13 bits per heavy atom. The minimum Gasteiger partial charge on any atom is -0.292 e. The van der Waals surface area contributed by atoms with E-state index in [9.17, 15) is 0 Å². The lowest BCUT2D eigenvalue weighted by atomic mass is 10.00. The molecule has 2 nitrogen and oxygen atoms in total. The zero-order chi connectivity index (χ0) is 20.1. The van der Waals surface area contributed by atoms with E-state index in [4.69, 9.17) is 16.6 Å². The highest BCUT2D eigenvalue weighted by Gasteiger charge is 2.19. The van der Waals surface area contributed by atoms with Crippen molar-refractivity contribution in [1.82, 2.24) is 9.55 Å². The molecule has 0 saturated carbocycles. The molecule has 0 N–H and O–H groups in total. The Morgan fingerprint density at radius 1 is 0.567 bits per heavy atom. The van der Waals surface area contributed by atoms with Crippen LogP contribution < -0.4 is 0 Å². The molecule has 0 atom stereocenters. The van der Waals surface area contributed by atoms with Gasteiger partial charge in [0.1, 0.15) is 5.82 Å². The Labute approximate surface area is 179 Å². The van der Waals surface area contributed by atoms with Crippen LogP contribution in [0.3, 0.4) is 0 Å². The van der Waals surface area contributed by atoms with Crippen molar-refractivity contribution >= 4 is 44.2 Å². The van der Waals surface area contributed by atoms with Crippen LogP contribution in [0.25, 0.3) is 49.7 Å². The monoisotopic (exact) mass is 404 g/mol. The zero-order valence-corrected chi connectivity index (χ0v) is 16.8. The average molecular weight is 405 g/mol. The van der Waals surface area contributed by atoms with E-state index in [2.05, 4.69) is 77.4 Å². The number of rotatable bonds is 2. The van der Waals surface area contributed by atoms with Gasteiger partial charge in [-0.15, -0.1) is 0 Å². The van der Waals surface area contributed by atoms with Gasteiger partial charge >= 0.3 is 0 Å². The smallest absolute Gasteiger partial charge is 0.145 e. The summed E-state index contributed by atoms with van der Waals surface area (Å²) in [4.78, 5) is 5.19. The summed E-state index contributed by atoms with van der Waals surface area (Å²) in [5.41, 5.74) is 4.26. The first-order chi connectivity index (χ1) is 14.8. The Bertz CT molecular complexity index is 1530. The fraction of sp³-hybridized carbons (Fsp3) is 0.